The highest BCUT2D eigenvalue weighted by atomic mass is 32.1. The van der Waals surface area contributed by atoms with Gasteiger partial charge in [0.2, 0.25) is 0 Å². The van der Waals surface area contributed by atoms with Crippen molar-refractivity contribution in [1.29, 1.82) is 0 Å². The predicted molar refractivity (Wildman–Crippen MR) is 111 cm³/mol. The van der Waals surface area contributed by atoms with E-state index in [0.29, 0.717) is 28.6 Å². The van der Waals surface area contributed by atoms with E-state index in [2.05, 4.69) is 35.9 Å². The van der Waals surface area contributed by atoms with Crippen molar-refractivity contribution in [2.24, 2.45) is 0 Å². The second-order valence-corrected chi connectivity index (χ2v) is 7.81. The van der Waals surface area contributed by atoms with Crippen LogP contribution in [0.5, 0.6) is 0 Å². The molecule has 0 bridgehead atoms. The van der Waals surface area contributed by atoms with Gasteiger partial charge in [0.25, 0.3) is 11.8 Å². The van der Waals surface area contributed by atoms with Crippen molar-refractivity contribution in [3.05, 3.63) is 64.1 Å². The maximum atomic E-state index is 12.5. The van der Waals surface area contributed by atoms with Gasteiger partial charge in [0.05, 0.1) is 5.56 Å². The number of anilines is 1. The topological polar surface area (TPSA) is 70.2 Å². The SMILES string of the molecule is CC(C)c1ccc(C(=O)Nc2sccc2C(=O)NCC2=CCNCC2)cc1. The van der Waals surface area contributed by atoms with E-state index in [4.69, 9.17) is 0 Å². The maximum Gasteiger partial charge on any atom is 0.256 e. The number of hydrogen-bond donors (Lipinski definition) is 3. The zero-order valence-corrected chi connectivity index (χ0v) is 16.5. The van der Waals surface area contributed by atoms with Gasteiger partial charge in [-0.05, 0) is 48.0 Å². The Labute approximate surface area is 163 Å². The number of carbonyl (C=O) groups is 2. The van der Waals surface area contributed by atoms with Crippen LogP contribution in [-0.4, -0.2) is 31.4 Å². The van der Waals surface area contributed by atoms with Crippen molar-refractivity contribution in [1.82, 2.24) is 10.6 Å². The monoisotopic (exact) mass is 383 g/mol. The smallest absolute Gasteiger partial charge is 0.256 e. The molecule has 3 N–H and O–H groups in total. The Morgan fingerprint density at radius 1 is 1.15 bits per heavy atom. The summed E-state index contributed by atoms with van der Waals surface area (Å²) >= 11 is 1.35. The molecule has 3 rings (SSSR count). The van der Waals surface area contributed by atoms with Crippen LogP contribution in [0.15, 0.2) is 47.4 Å². The summed E-state index contributed by atoms with van der Waals surface area (Å²) in [5.41, 5.74) is 3.50. The van der Waals surface area contributed by atoms with E-state index in [0.717, 1.165) is 19.5 Å². The van der Waals surface area contributed by atoms with Gasteiger partial charge < -0.3 is 16.0 Å². The second kappa shape index (κ2) is 8.97. The zero-order valence-electron chi connectivity index (χ0n) is 15.7. The summed E-state index contributed by atoms with van der Waals surface area (Å²) < 4.78 is 0. The van der Waals surface area contributed by atoms with Crippen molar-refractivity contribution >= 4 is 28.2 Å². The molecule has 27 heavy (non-hydrogen) atoms. The van der Waals surface area contributed by atoms with Crippen molar-refractivity contribution in [3.8, 4) is 0 Å². The lowest BCUT2D eigenvalue weighted by molar-refractivity contribution is 0.0958. The normalized spacial score (nSPS) is 14.0. The Hall–Kier alpha value is -2.44. The number of thiophene rings is 1. The van der Waals surface area contributed by atoms with Crippen LogP contribution in [0.2, 0.25) is 0 Å². The lowest BCUT2D eigenvalue weighted by atomic mass is 10.0. The molecule has 142 valence electrons. The molecule has 2 heterocycles. The van der Waals surface area contributed by atoms with Gasteiger partial charge in [-0.3, -0.25) is 9.59 Å². The Balaban J connectivity index is 1.62. The number of rotatable bonds is 6. The molecule has 2 amide bonds. The van der Waals surface area contributed by atoms with E-state index in [1.165, 1.54) is 22.5 Å². The third kappa shape index (κ3) is 5.05. The molecule has 0 fully saturated rings. The summed E-state index contributed by atoms with van der Waals surface area (Å²) in [6, 6.07) is 9.32. The molecule has 1 aliphatic heterocycles. The van der Waals surface area contributed by atoms with Crippen molar-refractivity contribution in [2.75, 3.05) is 25.0 Å². The molecule has 0 unspecified atom stereocenters. The minimum absolute atomic E-state index is 0.166. The van der Waals surface area contributed by atoms with E-state index in [-0.39, 0.29) is 11.8 Å². The Morgan fingerprint density at radius 3 is 2.59 bits per heavy atom. The van der Waals surface area contributed by atoms with E-state index in [1.54, 1.807) is 6.07 Å². The summed E-state index contributed by atoms with van der Waals surface area (Å²) in [4.78, 5) is 25.0. The van der Waals surface area contributed by atoms with Crippen LogP contribution >= 0.6 is 11.3 Å². The highest BCUT2D eigenvalue weighted by Crippen LogP contribution is 2.24. The first-order chi connectivity index (χ1) is 13.0. The molecule has 0 saturated carbocycles. The van der Waals surface area contributed by atoms with Gasteiger partial charge in [0, 0.05) is 18.7 Å². The Morgan fingerprint density at radius 2 is 1.93 bits per heavy atom. The third-order valence-electron chi connectivity index (χ3n) is 4.61. The number of amides is 2. The minimum Gasteiger partial charge on any atom is -0.348 e. The number of benzene rings is 1. The molecule has 0 aliphatic carbocycles. The fourth-order valence-electron chi connectivity index (χ4n) is 2.90. The molecule has 1 aromatic heterocycles. The average molecular weight is 384 g/mol. The Kier molecular flexibility index (Phi) is 6.42. The predicted octanol–water partition coefficient (Wildman–Crippen LogP) is 3.77. The first-order valence-electron chi connectivity index (χ1n) is 9.20. The van der Waals surface area contributed by atoms with Crippen molar-refractivity contribution < 1.29 is 9.59 Å². The quantitative estimate of drug-likeness (QED) is 0.665. The molecular weight excluding hydrogens is 358 g/mol. The first-order valence-corrected chi connectivity index (χ1v) is 10.1. The van der Waals surface area contributed by atoms with E-state index in [1.807, 2.05) is 29.6 Å². The molecule has 6 heteroatoms. The van der Waals surface area contributed by atoms with Crippen LogP contribution in [0.1, 0.15) is 52.5 Å². The number of carbonyl (C=O) groups excluding carboxylic acids is 2. The van der Waals surface area contributed by atoms with Crippen molar-refractivity contribution in [2.45, 2.75) is 26.2 Å². The van der Waals surface area contributed by atoms with E-state index in [9.17, 15) is 9.59 Å². The molecule has 5 nitrogen and oxygen atoms in total. The summed E-state index contributed by atoms with van der Waals surface area (Å²) in [6.07, 6.45) is 3.06. The highest BCUT2D eigenvalue weighted by Gasteiger charge is 2.16. The maximum absolute atomic E-state index is 12.5. The average Bonchev–Trinajstić information content (AvgIpc) is 3.15. The van der Waals surface area contributed by atoms with Gasteiger partial charge in [-0.15, -0.1) is 11.3 Å². The summed E-state index contributed by atoms with van der Waals surface area (Å²) in [7, 11) is 0. The molecule has 0 radical (unpaired) electrons. The lowest BCUT2D eigenvalue weighted by Gasteiger charge is -2.14. The summed E-state index contributed by atoms with van der Waals surface area (Å²) in [6.45, 7) is 6.56. The van der Waals surface area contributed by atoms with Gasteiger partial charge in [0.15, 0.2) is 0 Å². The highest BCUT2D eigenvalue weighted by molar-refractivity contribution is 7.14. The van der Waals surface area contributed by atoms with Crippen LogP contribution in [0, 0.1) is 0 Å². The molecule has 0 atom stereocenters. The van der Waals surface area contributed by atoms with Crippen LogP contribution in [0.4, 0.5) is 5.00 Å². The molecule has 1 aromatic carbocycles. The first kappa shape index (κ1) is 19.3. The standard InChI is InChI=1S/C21H25N3O2S/c1-14(2)16-3-5-17(6-4-16)19(25)24-21-18(9-12-27-21)20(26)23-13-15-7-10-22-11-8-15/h3-7,9,12,14,22H,8,10-11,13H2,1-2H3,(H,23,26)(H,24,25). The fraction of sp³-hybridized carbons (Fsp3) is 0.333. The van der Waals surface area contributed by atoms with Gasteiger partial charge in [-0.25, -0.2) is 0 Å². The van der Waals surface area contributed by atoms with Gasteiger partial charge in [-0.1, -0.05) is 37.6 Å². The zero-order chi connectivity index (χ0) is 19.2. The van der Waals surface area contributed by atoms with Crippen molar-refractivity contribution in [3.63, 3.8) is 0 Å². The molecule has 2 aromatic rings. The summed E-state index contributed by atoms with van der Waals surface area (Å²) in [5.74, 6) is 0.0498. The second-order valence-electron chi connectivity index (χ2n) is 6.89. The fourth-order valence-corrected chi connectivity index (χ4v) is 3.68. The van der Waals surface area contributed by atoms with E-state index < -0.39 is 0 Å². The number of hydrogen-bond acceptors (Lipinski definition) is 4. The van der Waals surface area contributed by atoms with Crippen LogP contribution in [0.3, 0.4) is 0 Å². The largest absolute Gasteiger partial charge is 0.348 e. The van der Waals surface area contributed by atoms with Gasteiger partial charge in [0.1, 0.15) is 5.00 Å². The molecule has 1 aliphatic rings. The van der Waals surface area contributed by atoms with E-state index >= 15 is 0 Å². The van der Waals surface area contributed by atoms with Crippen LogP contribution in [0.25, 0.3) is 0 Å². The van der Waals surface area contributed by atoms with Crippen LogP contribution in [-0.2, 0) is 0 Å². The molecule has 0 saturated heterocycles. The van der Waals surface area contributed by atoms with Gasteiger partial charge in [-0.2, -0.15) is 0 Å². The minimum atomic E-state index is -0.206. The lowest BCUT2D eigenvalue weighted by Crippen LogP contribution is -2.30. The third-order valence-corrected chi connectivity index (χ3v) is 5.44. The number of nitrogens with one attached hydrogen (secondary N) is 3. The van der Waals surface area contributed by atoms with Crippen LogP contribution < -0.4 is 16.0 Å². The summed E-state index contributed by atoms with van der Waals surface area (Å²) in [5, 5.41) is 11.5. The van der Waals surface area contributed by atoms with Gasteiger partial charge >= 0.3 is 0 Å². The molecular formula is C21H25N3O2S. The Bertz CT molecular complexity index is 837. The molecule has 0 spiro atoms.